The van der Waals surface area contributed by atoms with Gasteiger partial charge in [0.05, 0.1) is 18.9 Å². The zero-order chi connectivity index (χ0) is 21.4. The van der Waals surface area contributed by atoms with Gasteiger partial charge in [-0.25, -0.2) is 9.37 Å². The van der Waals surface area contributed by atoms with Crippen molar-refractivity contribution in [2.45, 2.75) is 39.2 Å². The van der Waals surface area contributed by atoms with Gasteiger partial charge in [-0.3, -0.25) is 9.59 Å². The van der Waals surface area contributed by atoms with Crippen molar-refractivity contribution in [3.05, 3.63) is 42.4 Å². The van der Waals surface area contributed by atoms with E-state index < -0.39 is 24.0 Å². The molecule has 2 amide bonds. The van der Waals surface area contributed by atoms with Gasteiger partial charge in [0.1, 0.15) is 12.4 Å². The van der Waals surface area contributed by atoms with E-state index in [4.69, 9.17) is 9.15 Å². The molecule has 7 nitrogen and oxygen atoms in total. The highest BCUT2D eigenvalue weighted by Crippen LogP contribution is 2.32. The van der Waals surface area contributed by atoms with Gasteiger partial charge in [0.15, 0.2) is 12.2 Å². The van der Waals surface area contributed by atoms with Crippen molar-refractivity contribution in [1.29, 1.82) is 0 Å². The van der Waals surface area contributed by atoms with Crippen molar-refractivity contribution in [3.63, 3.8) is 0 Å². The van der Waals surface area contributed by atoms with Crippen LogP contribution in [0.5, 0.6) is 5.75 Å². The number of hydrogen-bond donors (Lipinski definition) is 2. The third kappa shape index (κ3) is 6.44. The molecule has 0 spiro atoms. The minimum absolute atomic E-state index is 0.407. The van der Waals surface area contributed by atoms with Crippen molar-refractivity contribution < 1.29 is 23.1 Å². The van der Waals surface area contributed by atoms with E-state index in [-0.39, 0.29) is 0 Å². The lowest BCUT2D eigenvalue weighted by atomic mass is 9.97. The van der Waals surface area contributed by atoms with Gasteiger partial charge < -0.3 is 19.8 Å². The second-order valence-electron chi connectivity index (χ2n) is 7.30. The van der Waals surface area contributed by atoms with Crippen molar-refractivity contribution in [1.82, 2.24) is 10.3 Å². The van der Waals surface area contributed by atoms with Crippen LogP contribution in [0, 0.1) is 0 Å². The number of aromatic nitrogens is 1. The van der Waals surface area contributed by atoms with Gasteiger partial charge in [0.25, 0.3) is 0 Å². The van der Waals surface area contributed by atoms with Crippen LogP contribution in [0.4, 0.5) is 10.1 Å². The van der Waals surface area contributed by atoms with Gasteiger partial charge in [-0.15, -0.1) is 0 Å². The van der Waals surface area contributed by atoms with E-state index in [1.54, 1.807) is 37.4 Å². The summed E-state index contributed by atoms with van der Waals surface area (Å²) in [4.78, 5) is 28.4. The zero-order valence-corrected chi connectivity index (χ0v) is 17.0. The van der Waals surface area contributed by atoms with Crippen LogP contribution in [0.3, 0.4) is 0 Å². The Morgan fingerprint density at radius 1 is 1.31 bits per heavy atom. The number of anilines is 1. The Kier molecular flexibility index (Phi) is 7.52. The molecule has 156 valence electrons. The fourth-order valence-electron chi connectivity index (χ4n) is 2.67. The molecule has 0 atom stereocenters. The predicted molar refractivity (Wildman–Crippen MR) is 108 cm³/mol. The smallest absolute Gasteiger partial charge is 0.313 e. The summed E-state index contributed by atoms with van der Waals surface area (Å²) < 4.78 is 23.1. The van der Waals surface area contributed by atoms with E-state index in [1.807, 2.05) is 13.8 Å². The number of carbonyl (C=O) groups is 2. The monoisotopic (exact) mass is 403 g/mol. The summed E-state index contributed by atoms with van der Waals surface area (Å²) in [5.41, 5.74) is 1.11. The lowest BCUT2D eigenvalue weighted by molar-refractivity contribution is -0.137. The third-order valence-electron chi connectivity index (χ3n) is 4.29. The molecule has 0 aliphatic carbocycles. The number of hydrogen-bond acceptors (Lipinski definition) is 5. The Hall–Kier alpha value is -3.16. The molecule has 0 aliphatic heterocycles. The maximum Gasteiger partial charge on any atom is 0.313 e. The summed E-state index contributed by atoms with van der Waals surface area (Å²) in [6.07, 6.45) is 5.82. The molecular weight excluding hydrogens is 377 g/mol. The van der Waals surface area contributed by atoms with Crippen LogP contribution in [0.1, 0.15) is 33.6 Å². The highest BCUT2D eigenvalue weighted by Gasteiger charge is 2.24. The number of ether oxygens (including phenoxy) is 1. The molecule has 8 heteroatoms. The van der Waals surface area contributed by atoms with E-state index in [0.29, 0.717) is 41.2 Å². The lowest BCUT2D eigenvalue weighted by Gasteiger charge is -2.25. The molecule has 0 aliphatic rings. The SMILES string of the molecule is COc1cc(NC(=O)C(=O)NC(C)(C)CC/C=C(\C)CF)ccc1-c1cnco1. The maximum absolute atomic E-state index is 12.5. The number of amides is 2. The van der Waals surface area contributed by atoms with Gasteiger partial charge in [-0.1, -0.05) is 6.08 Å². The van der Waals surface area contributed by atoms with E-state index in [0.717, 1.165) is 0 Å². The van der Waals surface area contributed by atoms with Crippen molar-refractivity contribution >= 4 is 17.5 Å². The number of oxazole rings is 1. The zero-order valence-electron chi connectivity index (χ0n) is 17.0. The first-order valence-corrected chi connectivity index (χ1v) is 9.17. The molecular formula is C21H26FN3O4. The van der Waals surface area contributed by atoms with Crippen molar-refractivity contribution in [2.24, 2.45) is 0 Å². The molecule has 29 heavy (non-hydrogen) atoms. The van der Waals surface area contributed by atoms with Crippen LogP contribution in [-0.4, -0.2) is 36.1 Å². The van der Waals surface area contributed by atoms with Gasteiger partial charge in [-0.05, 0) is 51.3 Å². The molecule has 1 aromatic heterocycles. The number of halogens is 1. The molecule has 0 saturated heterocycles. The molecule has 1 aromatic carbocycles. The summed E-state index contributed by atoms with van der Waals surface area (Å²) in [7, 11) is 1.50. The highest BCUT2D eigenvalue weighted by atomic mass is 19.1. The second-order valence-corrected chi connectivity index (χ2v) is 7.30. The van der Waals surface area contributed by atoms with Crippen molar-refractivity contribution in [2.75, 3.05) is 19.1 Å². The normalized spacial score (nSPS) is 11.8. The average Bonchev–Trinajstić information content (AvgIpc) is 3.21. The minimum atomic E-state index is -0.789. The van der Waals surface area contributed by atoms with Crippen molar-refractivity contribution in [3.8, 4) is 17.1 Å². The topological polar surface area (TPSA) is 93.5 Å². The number of allylic oxidation sites excluding steroid dienone is 2. The summed E-state index contributed by atoms with van der Waals surface area (Å²) in [6.45, 7) is 4.84. The number of rotatable bonds is 8. The molecule has 0 saturated carbocycles. The Balaban J connectivity index is 1.99. The van der Waals surface area contributed by atoms with Gasteiger partial charge in [0.2, 0.25) is 0 Å². The molecule has 2 rings (SSSR count). The van der Waals surface area contributed by atoms with E-state index in [9.17, 15) is 14.0 Å². The van der Waals surface area contributed by atoms with Crippen LogP contribution < -0.4 is 15.4 Å². The van der Waals surface area contributed by atoms with E-state index in [1.165, 1.54) is 13.5 Å². The van der Waals surface area contributed by atoms with Crippen LogP contribution in [0.15, 0.2) is 46.9 Å². The standard InChI is InChI=1S/C21H26FN3O4/c1-14(11-22)6-5-9-21(2,3)25-20(27)19(26)24-15-7-8-16(17(10-15)28-4)18-12-23-13-29-18/h6-8,10,12-13H,5,9,11H2,1-4H3,(H,24,26)(H,25,27)/b14-6+. The molecule has 1 heterocycles. The fourth-order valence-corrected chi connectivity index (χ4v) is 2.67. The van der Waals surface area contributed by atoms with Gasteiger partial charge in [-0.2, -0.15) is 0 Å². The Bertz CT molecular complexity index is 876. The Morgan fingerprint density at radius 3 is 2.69 bits per heavy atom. The summed E-state index contributed by atoms with van der Waals surface area (Å²) in [5.74, 6) is -0.547. The summed E-state index contributed by atoms with van der Waals surface area (Å²) >= 11 is 0. The quantitative estimate of drug-likeness (QED) is 0.515. The average molecular weight is 403 g/mol. The minimum Gasteiger partial charge on any atom is -0.496 e. The second kappa shape index (κ2) is 9.86. The first-order valence-electron chi connectivity index (χ1n) is 9.17. The summed E-state index contributed by atoms with van der Waals surface area (Å²) in [5, 5.41) is 5.26. The number of methoxy groups -OCH3 is 1. The lowest BCUT2D eigenvalue weighted by Crippen LogP contribution is -2.48. The van der Waals surface area contributed by atoms with E-state index >= 15 is 0 Å². The van der Waals surface area contributed by atoms with Gasteiger partial charge >= 0.3 is 11.8 Å². The molecule has 0 unspecified atom stereocenters. The van der Waals surface area contributed by atoms with Crippen LogP contribution >= 0.6 is 0 Å². The number of nitrogens with zero attached hydrogens (tertiary/aromatic N) is 1. The first-order chi connectivity index (χ1) is 13.8. The van der Waals surface area contributed by atoms with Crippen LogP contribution in [0.25, 0.3) is 11.3 Å². The molecule has 0 bridgehead atoms. The van der Waals surface area contributed by atoms with Crippen LogP contribution in [0.2, 0.25) is 0 Å². The number of nitrogens with one attached hydrogen (secondary N) is 2. The molecule has 0 radical (unpaired) electrons. The number of carbonyl (C=O) groups excluding carboxylic acids is 2. The largest absolute Gasteiger partial charge is 0.496 e. The number of alkyl halides is 1. The Labute approximate surface area is 169 Å². The molecule has 2 N–H and O–H groups in total. The maximum atomic E-state index is 12.5. The summed E-state index contributed by atoms with van der Waals surface area (Å²) in [6, 6.07) is 4.94. The van der Waals surface area contributed by atoms with E-state index in [2.05, 4.69) is 15.6 Å². The third-order valence-corrected chi connectivity index (χ3v) is 4.29. The fraction of sp³-hybridized carbons (Fsp3) is 0.381. The predicted octanol–water partition coefficient (Wildman–Crippen LogP) is 3.88. The van der Waals surface area contributed by atoms with Crippen LogP contribution in [-0.2, 0) is 9.59 Å². The highest BCUT2D eigenvalue weighted by molar-refractivity contribution is 6.39. The van der Waals surface area contributed by atoms with Gasteiger partial charge in [0, 0.05) is 17.3 Å². The molecule has 2 aromatic rings. The Morgan fingerprint density at radius 2 is 2.07 bits per heavy atom. The first kappa shape index (κ1) is 22.1. The molecule has 0 fully saturated rings. The number of benzene rings is 1.